The smallest absolute Gasteiger partial charge is 0.376 e. The number of carbonyl (C=O) groups excluding carboxylic acids is 1. The molecular weight excluding hydrogens is 286 g/mol. The summed E-state index contributed by atoms with van der Waals surface area (Å²) in [5.74, 6) is -0.634. The Hall–Kier alpha value is -3.16. The molecule has 2 N–H and O–H groups in total. The molecule has 8 heteroatoms. The van der Waals surface area contributed by atoms with Crippen LogP contribution < -0.4 is 11.3 Å². The van der Waals surface area contributed by atoms with E-state index in [2.05, 4.69) is 10.1 Å². The molecule has 3 aromatic rings. The molecule has 0 unspecified atom stereocenters. The Kier molecular flexibility index (Phi) is 3.34. The van der Waals surface area contributed by atoms with Crippen molar-refractivity contribution in [3.63, 3.8) is 0 Å². The van der Waals surface area contributed by atoms with Crippen molar-refractivity contribution in [3.05, 3.63) is 52.6 Å². The summed E-state index contributed by atoms with van der Waals surface area (Å²) in [5.41, 5.74) is 5.79. The first-order valence-corrected chi connectivity index (χ1v) is 6.62. The van der Waals surface area contributed by atoms with Crippen molar-refractivity contribution in [3.8, 4) is 5.69 Å². The van der Waals surface area contributed by atoms with Gasteiger partial charge in [0, 0.05) is 6.07 Å². The topological polar surface area (TPSA) is 105 Å². The number of ether oxygens (including phenoxy) is 1. The lowest BCUT2D eigenvalue weighted by molar-refractivity contribution is 0.0509. The second-order valence-corrected chi connectivity index (χ2v) is 4.45. The molecule has 0 atom stereocenters. The van der Waals surface area contributed by atoms with Gasteiger partial charge in [0.1, 0.15) is 5.82 Å². The van der Waals surface area contributed by atoms with E-state index in [9.17, 15) is 9.59 Å². The zero-order valence-electron chi connectivity index (χ0n) is 11.8. The van der Waals surface area contributed by atoms with E-state index in [4.69, 9.17) is 10.5 Å². The van der Waals surface area contributed by atoms with E-state index >= 15 is 0 Å². The number of hydrogen-bond donors (Lipinski definition) is 1. The average molecular weight is 299 g/mol. The van der Waals surface area contributed by atoms with E-state index in [1.165, 1.54) is 4.68 Å². The molecule has 0 aliphatic heterocycles. The van der Waals surface area contributed by atoms with Crippen LogP contribution in [0, 0.1) is 0 Å². The van der Waals surface area contributed by atoms with Crippen LogP contribution in [0.15, 0.2) is 41.2 Å². The van der Waals surface area contributed by atoms with Gasteiger partial charge in [-0.05, 0) is 19.1 Å². The van der Waals surface area contributed by atoms with E-state index in [-0.39, 0.29) is 24.0 Å². The number of fused-ring (bicyclic) bond motifs is 1. The van der Waals surface area contributed by atoms with Crippen LogP contribution in [0.25, 0.3) is 11.5 Å². The quantitative estimate of drug-likeness (QED) is 0.712. The molecule has 0 aliphatic rings. The van der Waals surface area contributed by atoms with Crippen molar-refractivity contribution < 1.29 is 9.53 Å². The third kappa shape index (κ3) is 2.20. The standard InChI is InChI=1S/C14H13N5O3/c1-2-22-13(21)12-17-19(9-6-4-3-5-7-9)14-16-10(15)8-11(20)18(12)14/h3-8H,2,15H2,1H3. The molecule has 2 heterocycles. The first kappa shape index (κ1) is 13.8. The third-order valence-corrected chi connectivity index (χ3v) is 2.98. The fourth-order valence-electron chi connectivity index (χ4n) is 2.08. The molecule has 0 bridgehead atoms. The summed E-state index contributed by atoms with van der Waals surface area (Å²) in [6, 6.07) is 10.1. The van der Waals surface area contributed by atoms with Crippen molar-refractivity contribution in [2.75, 3.05) is 12.3 Å². The highest BCUT2D eigenvalue weighted by Crippen LogP contribution is 2.12. The first-order valence-electron chi connectivity index (χ1n) is 6.62. The van der Waals surface area contributed by atoms with Gasteiger partial charge in [0.25, 0.3) is 5.56 Å². The largest absolute Gasteiger partial charge is 0.460 e. The molecular formula is C14H13N5O3. The number of esters is 1. The van der Waals surface area contributed by atoms with Gasteiger partial charge in [-0.25, -0.2) is 9.20 Å². The van der Waals surface area contributed by atoms with Gasteiger partial charge in [-0.3, -0.25) is 4.79 Å². The molecule has 0 radical (unpaired) electrons. The van der Waals surface area contributed by atoms with Gasteiger partial charge in [-0.15, -0.1) is 5.10 Å². The number of benzene rings is 1. The van der Waals surface area contributed by atoms with Crippen LogP contribution in [0.3, 0.4) is 0 Å². The molecule has 8 nitrogen and oxygen atoms in total. The van der Waals surface area contributed by atoms with Gasteiger partial charge in [-0.2, -0.15) is 9.67 Å². The van der Waals surface area contributed by atoms with Crippen molar-refractivity contribution in [2.45, 2.75) is 6.92 Å². The lowest BCUT2D eigenvalue weighted by atomic mass is 10.3. The molecule has 1 aromatic carbocycles. The first-order chi connectivity index (χ1) is 10.6. The lowest BCUT2D eigenvalue weighted by Crippen LogP contribution is -2.20. The third-order valence-electron chi connectivity index (χ3n) is 2.98. The Bertz CT molecular complexity index is 898. The van der Waals surface area contributed by atoms with Crippen LogP contribution in [0.4, 0.5) is 5.82 Å². The van der Waals surface area contributed by atoms with E-state index in [1.807, 2.05) is 18.2 Å². The zero-order valence-corrected chi connectivity index (χ0v) is 11.8. The number of rotatable bonds is 3. The number of aromatic nitrogens is 4. The van der Waals surface area contributed by atoms with E-state index < -0.39 is 11.5 Å². The van der Waals surface area contributed by atoms with Crippen LogP contribution >= 0.6 is 0 Å². The van der Waals surface area contributed by atoms with Crippen molar-refractivity contribution in [1.82, 2.24) is 19.2 Å². The molecule has 0 spiro atoms. The monoisotopic (exact) mass is 299 g/mol. The van der Waals surface area contributed by atoms with Crippen LogP contribution in [0.1, 0.15) is 17.5 Å². The number of nitrogens with two attached hydrogens (primary N) is 1. The van der Waals surface area contributed by atoms with Crippen molar-refractivity contribution in [1.29, 1.82) is 0 Å². The summed E-state index contributed by atoms with van der Waals surface area (Å²) in [5, 5.41) is 4.17. The maximum Gasteiger partial charge on any atom is 0.376 e. The minimum atomic E-state index is -0.698. The molecule has 112 valence electrons. The Labute approximate surface area is 124 Å². The summed E-state index contributed by atoms with van der Waals surface area (Å²) in [6.45, 7) is 1.85. The Balaban J connectivity index is 2.34. The maximum atomic E-state index is 12.2. The number of anilines is 1. The number of nitrogen functional groups attached to an aromatic ring is 1. The molecule has 22 heavy (non-hydrogen) atoms. The predicted molar refractivity (Wildman–Crippen MR) is 79.0 cm³/mol. The molecule has 0 fully saturated rings. The van der Waals surface area contributed by atoms with Gasteiger partial charge in [-0.1, -0.05) is 18.2 Å². The summed E-state index contributed by atoms with van der Waals surface area (Å²) >= 11 is 0. The number of carbonyl (C=O) groups is 1. The zero-order chi connectivity index (χ0) is 15.7. The number of hydrogen-bond acceptors (Lipinski definition) is 6. The predicted octanol–water partition coefficient (Wildman–Crippen LogP) is 0.639. The minimum absolute atomic E-state index is 0.0532. The van der Waals surface area contributed by atoms with Crippen LogP contribution in [-0.2, 0) is 4.74 Å². The summed E-state index contributed by atoms with van der Waals surface area (Å²) in [4.78, 5) is 28.3. The van der Waals surface area contributed by atoms with E-state index in [0.717, 1.165) is 10.5 Å². The van der Waals surface area contributed by atoms with E-state index in [1.54, 1.807) is 19.1 Å². The molecule has 3 rings (SSSR count). The molecule has 0 saturated heterocycles. The molecule has 0 aliphatic carbocycles. The van der Waals surface area contributed by atoms with E-state index in [0.29, 0.717) is 5.69 Å². The molecule has 0 saturated carbocycles. The van der Waals surface area contributed by atoms with Gasteiger partial charge in [0.15, 0.2) is 0 Å². The number of nitrogens with zero attached hydrogens (tertiary/aromatic N) is 4. The number of para-hydroxylation sites is 1. The van der Waals surface area contributed by atoms with Gasteiger partial charge < -0.3 is 10.5 Å². The Morgan fingerprint density at radius 1 is 1.32 bits per heavy atom. The molecule has 2 aromatic heterocycles. The van der Waals surface area contributed by atoms with Gasteiger partial charge >= 0.3 is 5.97 Å². The maximum absolute atomic E-state index is 12.2. The normalized spacial score (nSPS) is 10.8. The van der Waals surface area contributed by atoms with Crippen molar-refractivity contribution in [2.24, 2.45) is 0 Å². The summed E-state index contributed by atoms with van der Waals surface area (Å²) in [7, 11) is 0. The molecule has 0 amide bonds. The highest BCUT2D eigenvalue weighted by molar-refractivity contribution is 5.86. The van der Waals surface area contributed by atoms with Gasteiger partial charge in [0.05, 0.1) is 12.3 Å². The highest BCUT2D eigenvalue weighted by atomic mass is 16.5. The summed E-state index contributed by atoms with van der Waals surface area (Å²) < 4.78 is 7.40. The van der Waals surface area contributed by atoms with Crippen molar-refractivity contribution >= 4 is 17.6 Å². The second kappa shape index (κ2) is 5.32. The minimum Gasteiger partial charge on any atom is -0.460 e. The highest BCUT2D eigenvalue weighted by Gasteiger charge is 2.21. The van der Waals surface area contributed by atoms with Crippen LogP contribution in [0.5, 0.6) is 0 Å². The Morgan fingerprint density at radius 2 is 2.05 bits per heavy atom. The Morgan fingerprint density at radius 3 is 2.73 bits per heavy atom. The SMILES string of the molecule is CCOC(=O)c1nn(-c2ccccc2)c2nc(N)cc(=O)n12. The average Bonchev–Trinajstić information content (AvgIpc) is 2.88. The fraction of sp³-hybridized carbons (Fsp3) is 0.143. The lowest BCUT2D eigenvalue weighted by Gasteiger charge is -2.01. The summed E-state index contributed by atoms with van der Waals surface area (Å²) in [6.07, 6.45) is 0. The van der Waals surface area contributed by atoms with Crippen LogP contribution in [0.2, 0.25) is 0 Å². The van der Waals surface area contributed by atoms with Crippen LogP contribution in [-0.4, -0.2) is 31.7 Å². The van der Waals surface area contributed by atoms with Gasteiger partial charge in [0.2, 0.25) is 11.6 Å². The fourth-order valence-corrected chi connectivity index (χ4v) is 2.08. The second-order valence-electron chi connectivity index (χ2n) is 4.45.